The van der Waals surface area contributed by atoms with E-state index in [1.807, 2.05) is 19.2 Å². The first-order chi connectivity index (χ1) is 11.4. The number of likely N-dealkylation sites (tertiary alicyclic amines) is 1. The number of hydrogen-bond acceptors (Lipinski definition) is 4. The molecular weight excluding hydrogens is 311 g/mol. The number of benzene rings is 1. The lowest BCUT2D eigenvalue weighted by molar-refractivity contribution is -0.138. The highest BCUT2D eigenvalue weighted by atomic mass is 19.1. The summed E-state index contributed by atoms with van der Waals surface area (Å²) in [6.45, 7) is 3.83. The molecule has 24 heavy (non-hydrogen) atoms. The van der Waals surface area contributed by atoms with Gasteiger partial charge in [0.05, 0.1) is 12.1 Å². The van der Waals surface area contributed by atoms with Gasteiger partial charge in [-0.2, -0.15) is 0 Å². The van der Waals surface area contributed by atoms with E-state index in [0.717, 1.165) is 16.8 Å². The Labute approximate surface area is 139 Å². The maximum atomic E-state index is 13.6. The van der Waals surface area contributed by atoms with E-state index in [0.29, 0.717) is 19.6 Å². The van der Waals surface area contributed by atoms with Gasteiger partial charge in [0.15, 0.2) is 0 Å². The van der Waals surface area contributed by atoms with Gasteiger partial charge in [0.2, 0.25) is 0 Å². The minimum atomic E-state index is -0.808. The van der Waals surface area contributed by atoms with E-state index < -0.39 is 5.97 Å². The van der Waals surface area contributed by atoms with E-state index >= 15 is 0 Å². The van der Waals surface area contributed by atoms with Gasteiger partial charge in [-0.25, -0.2) is 4.39 Å². The van der Waals surface area contributed by atoms with E-state index in [1.54, 1.807) is 11.7 Å². The maximum absolute atomic E-state index is 13.6. The van der Waals surface area contributed by atoms with Crippen LogP contribution < -0.4 is 0 Å². The summed E-state index contributed by atoms with van der Waals surface area (Å²) in [5.41, 5.74) is 2.61. The standard InChI is InChI=1S/C17H21FN4O2/c1-11-3-12(5-14(18)4-11)7-22-8-13(6-17(23)24)15(9-22)16-10-21(2)20-19-16/h3-5,10,13,15H,6-9H2,1-2H3,(H,23,24)/t13-,15+/m0/s1. The van der Waals surface area contributed by atoms with Crippen molar-refractivity contribution < 1.29 is 14.3 Å². The monoisotopic (exact) mass is 332 g/mol. The third-order valence-corrected chi connectivity index (χ3v) is 4.46. The number of hydrogen-bond donors (Lipinski definition) is 1. The molecule has 1 aliphatic rings. The number of halogens is 1. The Balaban J connectivity index is 1.77. The Kier molecular flexibility index (Phi) is 4.62. The Morgan fingerprint density at radius 3 is 2.79 bits per heavy atom. The molecule has 1 aromatic heterocycles. The first kappa shape index (κ1) is 16.6. The molecule has 1 saturated heterocycles. The summed E-state index contributed by atoms with van der Waals surface area (Å²) in [7, 11) is 1.80. The van der Waals surface area contributed by atoms with Crippen molar-refractivity contribution in [3.8, 4) is 0 Å². The van der Waals surface area contributed by atoms with Gasteiger partial charge in [0, 0.05) is 38.8 Å². The normalized spacial score (nSPS) is 21.3. The second-order valence-electron chi connectivity index (χ2n) is 6.61. The number of carboxylic acid groups (broad SMARTS) is 1. The van der Waals surface area contributed by atoms with Crippen LogP contribution in [0.1, 0.15) is 29.2 Å². The summed E-state index contributed by atoms with van der Waals surface area (Å²) in [4.78, 5) is 13.4. The molecule has 3 rings (SSSR count). The molecule has 0 saturated carbocycles. The van der Waals surface area contributed by atoms with Gasteiger partial charge in [-0.1, -0.05) is 11.3 Å². The molecule has 0 unspecified atom stereocenters. The van der Waals surface area contributed by atoms with Gasteiger partial charge >= 0.3 is 5.97 Å². The second-order valence-corrected chi connectivity index (χ2v) is 6.61. The van der Waals surface area contributed by atoms with Crippen LogP contribution in [-0.4, -0.2) is 44.1 Å². The molecule has 1 fully saturated rings. The number of carbonyl (C=O) groups is 1. The molecule has 2 heterocycles. The zero-order valence-electron chi connectivity index (χ0n) is 13.8. The van der Waals surface area contributed by atoms with E-state index in [9.17, 15) is 14.3 Å². The fourth-order valence-corrected chi connectivity index (χ4v) is 3.55. The summed E-state index contributed by atoms with van der Waals surface area (Å²) in [6.07, 6.45) is 1.94. The second kappa shape index (κ2) is 6.68. The van der Waals surface area contributed by atoms with Crippen molar-refractivity contribution in [3.63, 3.8) is 0 Å². The molecule has 2 aromatic rings. The van der Waals surface area contributed by atoms with Crippen LogP contribution in [0.25, 0.3) is 0 Å². The average Bonchev–Trinajstić information content (AvgIpc) is 3.03. The predicted octanol–water partition coefficient (Wildman–Crippen LogP) is 1.95. The third-order valence-electron chi connectivity index (χ3n) is 4.46. The minimum absolute atomic E-state index is 0.0196. The molecule has 2 atom stereocenters. The van der Waals surface area contributed by atoms with Crippen LogP contribution in [0.15, 0.2) is 24.4 Å². The van der Waals surface area contributed by atoms with Gasteiger partial charge in [-0.15, -0.1) is 5.10 Å². The lowest BCUT2D eigenvalue weighted by Crippen LogP contribution is -2.21. The molecule has 0 aliphatic carbocycles. The number of rotatable bonds is 5. The van der Waals surface area contributed by atoms with Crippen LogP contribution in [0.2, 0.25) is 0 Å². The summed E-state index contributed by atoms with van der Waals surface area (Å²) in [6, 6.07) is 5.00. The molecule has 1 N–H and O–H groups in total. The minimum Gasteiger partial charge on any atom is -0.481 e. The van der Waals surface area contributed by atoms with Crippen LogP contribution >= 0.6 is 0 Å². The molecule has 0 radical (unpaired) electrons. The first-order valence-electron chi connectivity index (χ1n) is 7.97. The highest BCUT2D eigenvalue weighted by molar-refractivity contribution is 5.67. The number of aromatic nitrogens is 3. The fourth-order valence-electron chi connectivity index (χ4n) is 3.55. The van der Waals surface area contributed by atoms with E-state index in [4.69, 9.17) is 0 Å². The van der Waals surface area contributed by atoms with Crippen LogP contribution in [0.4, 0.5) is 4.39 Å². The fraction of sp³-hybridized carbons (Fsp3) is 0.471. The summed E-state index contributed by atoms with van der Waals surface area (Å²) < 4.78 is 15.2. The van der Waals surface area contributed by atoms with Crippen molar-refractivity contribution in [2.45, 2.75) is 25.8 Å². The summed E-state index contributed by atoms with van der Waals surface area (Å²) >= 11 is 0. The van der Waals surface area contributed by atoms with Crippen molar-refractivity contribution in [2.24, 2.45) is 13.0 Å². The highest BCUT2D eigenvalue weighted by Gasteiger charge is 2.36. The van der Waals surface area contributed by atoms with Crippen LogP contribution in [-0.2, 0) is 18.4 Å². The van der Waals surface area contributed by atoms with Crippen molar-refractivity contribution in [1.82, 2.24) is 19.9 Å². The van der Waals surface area contributed by atoms with Crippen molar-refractivity contribution >= 4 is 5.97 Å². The van der Waals surface area contributed by atoms with Crippen molar-refractivity contribution in [2.75, 3.05) is 13.1 Å². The van der Waals surface area contributed by atoms with Crippen LogP contribution in [0.3, 0.4) is 0 Å². The lowest BCUT2D eigenvalue weighted by atomic mass is 9.91. The van der Waals surface area contributed by atoms with Gasteiger partial charge in [0.25, 0.3) is 0 Å². The largest absolute Gasteiger partial charge is 0.481 e. The quantitative estimate of drug-likeness (QED) is 0.906. The molecule has 7 heteroatoms. The zero-order chi connectivity index (χ0) is 17.3. The van der Waals surface area contributed by atoms with Crippen molar-refractivity contribution in [1.29, 1.82) is 0 Å². The Morgan fingerprint density at radius 2 is 2.17 bits per heavy atom. The first-order valence-corrected chi connectivity index (χ1v) is 7.97. The topological polar surface area (TPSA) is 71.2 Å². The summed E-state index contributed by atoms with van der Waals surface area (Å²) in [5.74, 6) is -1.03. The lowest BCUT2D eigenvalue weighted by Gasteiger charge is -2.16. The van der Waals surface area contributed by atoms with Gasteiger partial charge in [-0.3, -0.25) is 14.4 Å². The third kappa shape index (κ3) is 3.79. The Morgan fingerprint density at radius 1 is 1.38 bits per heavy atom. The number of aryl methyl sites for hydroxylation is 2. The van der Waals surface area contributed by atoms with Crippen LogP contribution in [0.5, 0.6) is 0 Å². The smallest absolute Gasteiger partial charge is 0.303 e. The van der Waals surface area contributed by atoms with Gasteiger partial charge < -0.3 is 5.11 Å². The number of nitrogens with zero attached hydrogens (tertiary/aromatic N) is 4. The molecular formula is C17H21FN4O2. The average molecular weight is 332 g/mol. The van der Waals surface area contributed by atoms with Crippen LogP contribution in [0, 0.1) is 18.7 Å². The molecule has 6 nitrogen and oxygen atoms in total. The molecule has 128 valence electrons. The van der Waals surface area contributed by atoms with E-state index in [-0.39, 0.29) is 24.1 Å². The Hall–Kier alpha value is -2.28. The molecule has 0 amide bonds. The maximum Gasteiger partial charge on any atom is 0.303 e. The zero-order valence-corrected chi connectivity index (χ0v) is 13.8. The van der Waals surface area contributed by atoms with Gasteiger partial charge in [-0.05, 0) is 36.1 Å². The van der Waals surface area contributed by atoms with Crippen molar-refractivity contribution in [3.05, 3.63) is 47.0 Å². The molecule has 1 aliphatic heterocycles. The molecule has 0 bridgehead atoms. The number of carboxylic acids is 1. The molecule has 1 aromatic carbocycles. The van der Waals surface area contributed by atoms with E-state index in [1.165, 1.54) is 12.1 Å². The highest BCUT2D eigenvalue weighted by Crippen LogP contribution is 2.34. The molecule has 0 spiro atoms. The summed E-state index contributed by atoms with van der Waals surface area (Å²) in [5, 5.41) is 17.3. The number of aliphatic carboxylic acids is 1. The Bertz CT molecular complexity index is 726. The van der Waals surface area contributed by atoms with E-state index in [2.05, 4.69) is 15.2 Å². The SMILES string of the molecule is Cc1cc(F)cc(CN2C[C@H](CC(=O)O)[C@H](c3cn(C)nn3)C2)c1. The van der Waals surface area contributed by atoms with Gasteiger partial charge in [0.1, 0.15) is 5.82 Å². The predicted molar refractivity (Wildman–Crippen MR) is 85.9 cm³/mol.